The molecule has 0 amide bonds. The molecule has 3 unspecified atom stereocenters. The summed E-state index contributed by atoms with van der Waals surface area (Å²) in [6.45, 7) is 5.19. The summed E-state index contributed by atoms with van der Waals surface area (Å²) >= 11 is 1.85. The molecule has 0 aromatic carbocycles. The fourth-order valence-electron chi connectivity index (χ4n) is 1.77. The molecule has 2 heterocycles. The van der Waals surface area contributed by atoms with E-state index in [-0.39, 0.29) is 0 Å². The van der Waals surface area contributed by atoms with Gasteiger partial charge in [-0.3, -0.25) is 4.99 Å². The van der Waals surface area contributed by atoms with Crippen LogP contribution in [0.25, 0.3) is 0 Å². The monoisotopic (exact) mass is 214 g/mol. The van der Waals surface area contributed by atoms with E-state index in [1.54, 1.807) is 0 Å². The van der Waals surface area contributed by atoms with Crippen LogP contribution in [0.15, 0.2) is 4.99 Å². The summed E-state index contributed by atoms with van der Waals surface area (Å²) in [4.78, 5) is 4.70. The Balaban J connectivity index is 1.91. The van der Waals surface area contributed by atoms with Gasteiger partial charge in [-0.1, -0.05) is 18.7 Å². The number of ether oxygens (including phenoxy) is 1. The van der Waals surface area contributed by atoms with Crippen LogP contribution in [0.5, 0.6) is 0 Å². The summed E-state index contributed by atoms with van der Waals surface area (Å²) in [7, 11) is 0. The highest BCUT2D eigenvalue weighted by Crippen LogP contribution is 2.21. The number of nitrogens with zero attached hydrogens (tertiary/aromatic N) is 1. The van der Waals surface area contributed by atoms with E-state index < -0.39 is 0 Å². The van der Waals surface area contributed by atoms with Crippen LogP contribution in [0.2, 0.25) is 0 Å². The SMILES string of the molecule is CCC1CSC(=NC2CCOC2C)N1. The van der Waals surface area contributed by atoms with Crippen molar-refractivity contribution in [2.24, 2.45) is 4.99 Å². The second-order valence-electron chi connectivity index (χ2n) is 3.93. The third-order valence-corrected chi connectivity index (χ3v) is 3.93. The molecule has 2 fully saturated rings. The van der Waals surface area contributed by atoms with Crippen molar-refractivity contribution in [3.8, 4) is 0 Å². The molecule has 0 spiro atoms. The lowest BCUT2D eigenvalue weighted by Crippen LogP contribution is -2.27. The van der Waals surface area contributed by atoms with Crippen molar-refractivity contribution < 1.29 is 4.74 Å². The van der Waals surface area contributed by atoms with E-state index in [0.29, 0.717) is 18.2 Å². The zero-order valence-corrected chi connectivity index (χ0v) is 9.64. The quantitative estimate of drug-likeness (QED) is 0.758. The molecule has 2 saturated heterocycles. The molecule has 0 aromatic heterocycles. The summed E-state index contributed by atoms with van der Waals surface area (Å²) in [5.74, 6) is 1.16. The molecule has 2 rings (SSSR count). The minimum absolute atomic E-state index is 0.297. The molecule has 80 valence electrons. The number of hydrogen-bond acceptors (Lipinski definition) is 3. The summed E-state index contributed by atoms with van der Waals surface area (Å²) in [5, 5.41) is 4.57. The molecular weight excluding hydrogens is 196 g/mol. The standard InChI is InChI=1S/C10H18N2OS/c1-3-8-6-14-10(11-8)12-9-4-5-13-7(9)2/h7-9H,3-6H2,1-2H3,(H,11,12). The van der Waals surface area contributed by atoms with Gasteiger partial charge in [-0.25, -0.2) is 0 Å². The van der Waals surface area contributed by atoms with Crippen LogP contribution >= 0.6 is 11.8 Å². The van der Waals surface area contributed by atoms with Crippen molar-refractivity contribution >= 4 is 16.9 Å². The highest BCUT2D eigenvalue weighted by Gasteiger charge is 2.26. The number of thioether (sulfide) groups is 1. The normalized spacial score (nSPS) is 40.4. The molecule has 14 heavy (non-hydrogen) atoms. The first-order valence-electron chi connectivity index (χ1n) is 5.38. The fraction of sp³-hybridized carbons (Fsp3) is 0.900. The Morgan fingerprint density at radius 2 is 2.50 bits per heavy atom. The van der Waals surface area contributed by atoms with Crippen LogP contribution in [0, 0.1) is 0 Å². The van der Waals surface area contributed by atoms with Gasteiger partial charge < -0.3 is 10.1 Å². The number of amidine groups is 1. The molecule has 0 aliphatic carbocycles. The first kappa shape index (κ1) is 10.3. The number of rotatable bonds is 2. The largest absolute Gasteiger partial charge is 0.376 e. The maximum Gasteiger partial charge on any atom is 0.157 e. The lowest BCUT2D eigenvalue weighted by molar-refractivity contribution is 0.119. The predicted octanol–water partition coefficient (Wildman–Crippen LogP) is 1.63. The number of aliphatic imine (C=N–C) groups is 1. The van der Waals surface area contributed by atoms with Gasteiger partial charge in [0.05, 0.1) is 12.1 Å². The fourth-order valence-corrected chi connectivity index (χ4v) is 2.91. The maximum atomic E-state index is 5.48. The van der Waals surface area contributed by atoms with E-state index >= 15 is 0 Å². The molecule has 0 saturated carbocycles. The first-order valence-corrected chi connectivity index (χ1v) is 6.37. The van der Waals surface area contributed by atoms with Crippen LogP contribution in [-0.4, -0.2) is 35.7 Å². The van der Waals surface area contributed by atoms with Crippen molar-refractivity contribution in [2.75, 3.05) is 12.4 Å². The van der Waals surface area contributed by atoms with Crippen molar-refractivity contribution in [1.82, 2.24) is 5.32 Å². The Morgan fingerprint density at radius 3 is 3.07 bits per heavy atom. The van der Waals surface area contributed by atoms with Crippen LogP contribution in [-0.2, 0) is 4.74 Å². The summed E-state index contributed by atoms with van der Waals surface area (Å²) in [6.07, 6.45) is 2.55. The third kappa shape index (κ3) is 2.23. The van der Waals surface area contributed by atoms with Gasteiger partial charge in [0.25, 0.3) is 0 Å². The van der Waals surface area contributed by atoms with E-state index in [1.165, 1.54) is 6.42 Å². The van der Waals surface area contributed by atoms with Crippen LogP contribution < -0.4 is 5.32 Å². The molecule has 1 N–H and O–H groups in total. The van der Waals surface area contributed by atoms with Crippen LogP contribution in [0.1, 0.15) is 26.7 Å². The minimum Gasteiger partial charge on any atom is -0.376 e. The van der Waals surface area contributed by atoms with E-state index in [9.17, 15) is 0 Å². The van der Waals surface area contributed by atoms with Gasteiger partial charge in [-0.2, -0.15) is 0 Å². The maximum absolute atomic E-state index is 5.48. The molecule has 3 nitrogen and oxygen atoms in total. The van der Waals surface area contributed by atoms with Crippen molar-refractivity contribution in [2.45, 2.75) is 44.9 Å². The Bertz CT molecular complexity index is 232. The molecule has 0 bridgehead atoms. The molecule has 2 aliphatic rings. The van der Waals surface area contributed by atoms with Gasteiger partial charge in [0.2, 0.25) is 0 Å². The Morgan fingerprint density at radius 1 is 1.64 bits per heavy atom. The molecule has 0 radical (unpaired) electrons. The van der Waals surface area contributed by atoms with Crippen LogP contribution in [0.3, 0.4) is 0 Å². The second kappa shape index (κ2) is 4.53. The van der Waals surface area contributed by atoms with Crippen LogP contribution in [0.4, 0.5) is 0 Å². The van der Waals surface area contributed by atoms with Gasteiger partial charge in [0.1, 0.15) is 0 Å². The van der Waals surface area contributed by atoms with E-state index in [0.717, 1.165) is 23.9 Å². The zero-order chi connectivity index (χ0) is 9.97. The summed E-state index contributed by atoms with van der Waals surface area (Å²) < 4.78 is 5.48. The van der Waals surface area contributed by atoms with Crippen molar-refractivity contribution in [1.29, 1.82) is 0 Å². The highest BCUT2D eigenvalue weighted by atomic mass is 32.2. The Labute approximate surface area is 89.7 Å². The van der Waals surface area contributed by atoms with E-state index in [2.05, 4.69) is 19.2 Å². The highest BCUT2D eigenvalue weighted by molar-refractivity contribution is 8.14. The molecule has 3 atom stereocenters. The smallest absolute Gasteiger partial charge is 0.157 e. The van der Waals surface area contributed by atoms with Crippen molar-refractivity contribution in [3.05, 3.63) is 0 Å². The van der Waals surface area contributed by atoms with Gasteiger partial charge in [-0.05, 0) is 19.8 Å². The Kier molecular flexibility index (Phi) is 3.34. The average Bonchev–Trinajstić information content (AvgIpc) is 2.77. The number of hydrogen-bond donors (Lipinski definition) is 1. The first-order chi connectivity index (χ1) is 6.79. The number of nitrogens with one attached hydrogen (secondary N) is 1. The zero-order valence-electron chi connectivity index (χ0n) is 8.82. The average molecular weight is 214 g/mol. The minimum atomic E-state index is 0.297. The Hall–Kier alpha value is -0.220. The van der Waals surface area contributed by atoms with E-state index in [1.807, 2.05) is 11.8 Å². The van der Waals surface area contributed by atoms with Crippen molar-refractivity contribution in [3.63, 3.8) is 0 Å². The lowest BCUT2D eigenvalue weighted by Gasteiger charge is -2.10. The summed E-state index contributed by atoms with van der Waals surface area (Å²) in [5.41, 5.74) is 0. The predicted molar refractivity (Wildman–Crippen MR) is 60.9 cm³/mol. The van der Waals surface area contributed by atoms with Gasteiger partial charge in [0, 0.05) is 18.4 Å². The topological polar surface area (TPSA) is 33.6 Å². The lowest BCUT2D eigenvalue weighted by atomic mass is 10.2. The van der Waals surface area contributed by atoms with Gasteiger partial charge in [-0.15, -0.1) is 0 Å². The molecular formula is C10H18N2OS. The molecule has 0 aromatic rings. The van der Waals surface area contributed by atoms with E-state index in [4.69, 9.17) is 9.73 Å². The second-order valence-corrected chi connectivity index (χ2v) is 4.94. The third-order valence-electron chi connectivity index (χ3n) is 2.86. The summed E-state index contributed by atoms with van der Waals surface area (Å²) in [6, 6.07) is 0.997. The molecule has 2 aliphatic heterocycles. The molecule has 4 heteroatoms. The van der Waals surface area contributed by atoms with Gasteiger partial charge >= 0.3 is 0 Å². The van der Waals surface area contributed by atoms with Gasteiger partial charge in [0.15, 0.2) is 5.17 Å².